The summed E-state index contributed by atoms with van der Waals surface area (Å²) in [7, 11) is 0. The van der Waals surface area contributed by atoms with Crippen LogP contribution in [0.5, 0.6) is 0 Å². The van der Waals surface area contributed by atoms with Crippen molar-refractivity contribution in [1.29, 1.82) is 0 Å². The van der Waals surface area contributed by atoms with Gasteiger partial charge in [-0.2, -0.15) is 0 Å². The van der Waals surface area contributed by atoms with Gasteiger partial charge in [-0.05, 0) is 25.2 Å². The van der Waals surface area contributed by atoms with Crippen molar-refractivity contribution in [3.8, 4) is 0 Å². The predicted octanol–water partition coefficient (Wildman–Crippen LogP) is 1.26. The molecule has 0 bridgehead atoms. The van der Waals surface area contributed by atoms with Crippen LogP contribution in [-0.2, 0) is 4.79 Å². The zero-order valence-electron chi connectivity index (χ0n) is 8.33. The minimum atomic E-state index is 0.334. The van der Waals surface area contributed by atoms with Crippen LogP contribution in [0.3, 0.4) is 0 Å². The molecule has 0 saturated carbocycles. The van der Waals surface area contributed by atoms with E-state index in [1.807, 2.05) is 5.01 Å². The maximum Gasteiger partial charge on any atom is 0.237 e. The molecule has 2 heterocycles. The van der Waals surface area contributed by atoms with Gasteiger partial charge in [0.2, 0.25) is 5.91 Å². The van der Waals surface area contributed by atoms with Gasteiger partial charge in [0.25, 0.3) is 0 Å². The Bertz CT molecular complexity index is 199. The van der Waals surface area contributed by atoms with E-state index in [1.54, 1.807) is 0 Å². The fourth-order valence-corrected chi connectivity index (χ4v) is 2.21. The van der Waals surface area contributed by atoms with E-state index in [2.05, 4.69) is 11.9 Å². The summed E-state index contributed by atoms with van der Waals surface area (Å²) in [5, 5.41) is 4.21. The normalized spacial score (nSPS) is 31.3. The van der Waals surface area contributed by atoms with Gasteiger partial charge in [0.15, 0.2) is 0 Å². The number of hydrogen-bond donors (Lipinski definition) is 0. The van der Waals surface area contributed by atoms with E-state index in [0.717, 1.165) is 26.1 Å². The van der Waals surface area contributed by atoms with Crippen molar-refractivity contribution in [2.45, 2.75) is 32.6 Å². The molecule has 1 amide bonds. The molecule has 1 atom stereocenters. The van der Waals surface area contributed by atoms with Crippen molar-refractivity contribution < 1.29 is 4.79 Å². The molecule has 0 spiro atoms. The molecule has 13 heavy (non-hydrogen) atoms. The Morgan fingerprint density at radius 1 is 1.23 bits per heavy atom. The first kappa shape index (κ1) is 9.00. The Labute approximate surface area is 79.7 Å². The lowest BCUT2D eigenvalue weighted by atomic mass is 10.00. The molecule has 0 aromatic rings. The third-order valence-corrected chi connectivity index (χ3v) is 3.07. The minimum absolute atomic E-state index is 0.334. The number of rotatable bonds is 1. The van der Waals surface area contributed by atoms with Crippen LogP contribution in [0.4, 0.5) is 0 Å². The predicted molar refractivity (Wildman–Crippen MR) is 50.9 cm³/mol. The smallest absolute Gasteiger partial charge is 0.237 e. The van der Waals surface area contributed by atoms with Crippen LogP contribution >= 0.6 is 0 Å². The van der Waals surface area contributed by atoms with Crippen molar-refractivity contribution in [3.63, 3.8) is 0 Å². The third-order valence-electron chi connectivity index (χ3n) is 3.07. The summed E-state index contributed by atoms with van der Waals surface area (Å²) in [5.41, 5.74) is 0. The van der Waals surface area contributed by atoms with Crippen LogP contribution in [0.1, 0.15) is 32.6 Å². The van der Waals surface area contributed by atoms with Gasteiger partial charge in [0.05, 0.1) is 0 Å². The second kappa shape index (κ2) is 3.66. The van der Waals surface area contributed by atoms with Crippen molar-refractivity contribution in [2.24, 2.45) is 5.92 Å². The standard InChI is InChI=1S/C10H18N2O/c1-9-4-7-12(10(13)8-9)11-5-2-3-6-11/h9H,2-8H2,1H3. The molecule has 1 unspecified atom stereocenters. The maximum atomic E-state index is 11.7. The third kappa shape index (κ3) is 1.85. The Morgan fingerprint density at radius 3 is 2.54 bits per heavy atom. The van der Waals surface area contributed by atoms with Gasteiger partial charge in [-0.3, -0.25) is 9.80 Å². The lowest BCUT2D eigenvalue weighted by Gasteiger charge is -2.36. The van der Waals surface area contributed by atoms with Crippen molar-refractivity contribution in [2.75, 3.05) is 19.6 Å². The van der Waals surface area contributed by atoms with Crippen molar-refractivity contribution in [1.82, 2.24) is 10.0 Å². The monoisotopic (exact) mass is 182 g/mol. The average molecular weight is 182 g/mol. The van der Waals surface area contributed by atoms with Gasteiger partial charge in [-0.1, -0.05) is 6.92 Å². The Kier molecular flexibility index (Phi) is 2.54. The molecule has 0 N–H and O–H groups in total. The summed E-state index contributed by atoms with van der Waals surface area (Å²) in [4.78, 5) is 11.7. The van der Waals surface area contributed by atoms with Crippen LogP contribution in [0.25, 0.3) is 0 Å². The van der Waals surface area contributed by atoms with Gasteiger partial charge in [-0.25, -0.2) is 5.01 Å². The topological polar surface area (TPSA) is 23.6 Å². The van der Waals surface area contributed by atoms with Gasteiger partial charge in [-0.15, -0.1) is 0 Å². The molecule has 0 aromatic heterocycles. The van der Waals surface area contributed by atoms with Gasteiger partial charge < -0.3 is 0 Å². The molecule has 2 aliphatic rings. The molecular formula is C10H18N2O. The number of nitrogens with zero attached hydrogens (tertiary/aromatic N) is 2. The van der Waals surface area contributed by atoms with Gasteiger partial charge in [0.1, 0.15) is 0 Å². The highest BCUT2D eigenvalue weighted by Gasteiger charge is 2.28. The van der Waals surface area contributed by atoms with Crippen molar-refractivity contribution >= 4 is 5.91 Å². The maximum absolute atomic E-state index is 11.7. The quantitative estimate of drug-likeness (QED) is 0.609. The van der Waals surface area contributed by atoms with Crippen LogP contribution < -0.4 is 0 Å². The summed E-state index contributed by atoms with van der Waals surface area (Å²) in [6, 6.07) is 0. The Morgan fingerprint density at radius 2 is 1.92 bits per heavy atom. The highest BCUT2D eigenvalue weighted by atomic mass is 16.2. The largest absolute Gasteiger partial charge is 0.275 e. The highest BCUT2D eigenvalue weighted by Crippen LogP contribution is 2.21. The Hall–Kier alpha value is -0.570. The fraction of sp³-hybridized carbons (Fsp3) is 0.900. The van der Waals surface area contributed by atoms with Crippen LogP contribution in [0.15, 0.2) is 0 Å². The summed E-state index contributed by atoms with van der Waals surface area (Å²) < 4.78 is 0. The zero-order chi connectivity index (χ0) is 9.26. The Balaban J connectivity index is 1.95. The number of carbonyl (C=O) groups is 1. The van der Waals surface area contributed by atoms with E-state index < -0.39 is 0 Å². The van der Waals surface area contributed by atoms with Crippen molar-refractivity contribution in [3.05, 3.63) is 0 Å². The van der Waals surface area contributed by atoms with E-state index in [4.69, 9.17) is 0 Å². The number of hydrogen-bond acceptors (Lipinski definition) is 2. The summed E-state index contributed by atoms with van der Waals surface area (Å²) in [6.45, 7) is 5.28. The van der Waals surface area contributed by atoms with Crippen LogP contribution in [-0.4, -0.2) is 35.6 Å². The molecule has 0 aromatic carbocycles. The number of hydrazine groups is 1. The molecule has 3 nitrogen and oxygen atoms in total. The van der Waals surface area contributed by atoms with Crippen LogP contribution in [0, 0.1) is 5.92 Å². The average Bonchev–Trinajstić information content (AvgIpc) is 2.56. The molecule has 0 radical (unpaired) electrons. The summed E-state index contributed by atoms with van der Waals surface area (Å²) in [6.07, 6.45) is 4.41. The van der Waals surface area contributed by atoms with E-state index in [-0.39, 0.29) is 0 Å². The summed E-state index contributed by atoms with van der Waals surface area (Å²) >= 11 is 0. The first-order chi connectivity index (χ1) is 6.27. The molecule has 3 heteroatoms. The molecule has 2 rings (SSSR count). The van der Waals surface area contributed by atoms with E-state index in [1.165, 1.54) is 19.3 Å². The lowest BCUT2D eigenvalue weighted by Crippen LogP contribution is -2.48. The molecule has 74 valence electrons. The van der Waals surface area contributed by atoms with E-state index in [9.17, 15) is 4.79 Å². The second-order valence-corrected chi connectivity index (χ2v) is 4.28. The molecule has 2 aliphatic heterocycles. The fourth-order valence-electron chi connectivity index (χ4n) is 2.21. The first-order valence-corrected chi connectivity index (χ1v) is 5.32. The van der Waals surface area contributed by atoms with Crippen LogP contribution in [0.2, 0.25) is 0 Å². The van der Waals surface area contributed by atoms with E-state index in [0.29, 0.717) is 11.8 Å². The minimum Gasteiger partial charge on any atom is -0.275 e. The molecule has 2 saturated heterocycles. The number of amides is 1. The van der Waals surface area contributed by atoms with E-state index >= 15 is 0 Å². The zero-order valence-corrected chi connectivity index (χ0v) is 8.33. The number of piperidine rings is 1. The number of carbonyl (C=O) groups excluding carboxylic acids is 1. The highest BCUT2D eigenvalue weighted by molar-refractivity contribution is 5.76. The molecule has 2 fully saturated rings. The lowest BCUT2D eigenvalue weighted by molar-refractivity contribution is -0.152. The first-order valence-electron chi connectivity index (χ1n) is 5.32. The van der Waals surface area contributed by atoms with Gasteiger partial charge in [0, 0.05) is 26.1 Å². The second-order valence-electron chi connectivity index (χ2n) is 4.28. The molecular weight excluding hydrogens is 164 g/mol. The SMILES string of the molecule is CC1CCN(N2CCCC2)C(=O)C1. The summed E-state index contributed by atoms with van der Waals surface area (Å²) in [5.74, 6) is 0.923. The molecule has 0 aliphatic carbocycles. The van der Waals surface area contributed by atoms with Gasteiger partial charge >= 0.3 is 0 Å².